The number of hydrogen-bond acceptors (Lipinski definition) is 3. The number of nitrogens with two attached hydrogens (primary N) is 1. The monoisotopic (exact) mass is 225 g/mol. The maximum absolute atomic E-state index is 11.7. The molecule has 0 aromatic carbocycles. The number of aliphatic hydroxyl groups excluding tert-OH is 1. The molecule has 2 rings (SSSR count). The van der Waals surface area contributed by atoms with Crippen molar-refractivity contribution >= 4 is 5.78 Å². The van der Waals surface area contributed by atoms with E-state index >= 15 is 0 Å². The van der Waals surface area contributed by atoms with E-state index in [0.29, 0.717) is 5.92 Å². The highest BCUT2D eigenvalue weighted by Gasteiger charge is 2.36. The molecular formula is C13H23NO2. The second-order valence-corrected chi connectivity index (χ2v) is 5.53. The van der Waals surface area contributed by atoms with Gasteiger partial charge in [-0.2, -0.15) is 0 Å². The van der Waals surface area contributed by atoms with Crippen LogP contribution in [-0.2, 0) is 4.79 Å². The number of Topliss-reactive ketones (excluding diaryl/α,β-unsaturated/α-hetero) is 1. The van der Waals surface area contributed by atoms with Gasteiger partial charge in [0.25, 0.3) is 0 Å². The Bertz CT molecular complexity index is 244. The largest absolute Gasteiger partial charge is 0.384 e. The third-order valence-electron chi connectivity index (χ3n) is 4.01. The molecule has 0 bridgehead atoms. The Morgan fingerprint density at radius 2 is 1.81 bits per heavy atom. The molecule has 0 saturated heterocycles. The van der Waals surface area contributed by atoms with E-state index in [-0.39, 0.29) is 17.7 Å². The van der Waals surface area contributed by atoms with Gasteiger partial charge in [-0.1, -0.05) is 32.1 Å². The van der Waals surface area contributed by atoms with E-state index in [1.54, 1.807) is 0 Å². The van der Waals surface area contributed by atoms with Crippen LogP contribution in [0.15, 0.2) is 0 Å². The molecule has 0 aromatic rings. The zero-order chi connectivity index (χ0) is 11.5. The molecule has 92 valence electrons. The third-order valence-corrected chi connectivity index (χ3v) is 4.01. The summed E-state index contributed by atoms with van der Waals surface area (Å²) in [4.78, 5) is 11.7. The quantitative estimate of drug-likeness (QED) is 0.747. The molecule has 0 heterocycles. The van der Waals surface area contributed by atoms with Gasteiger partial charge in [-0.25, -0.2) is 0 Å². The summed E-state index contributed by atoms with van der Waals surface area (Å²) in [6.07, 6.45) is 8.14. The summed E-state index contributed by atoms with van der Waals surface area (Å²) in [7, 11) is 0. The van der Waals surface area contributed by atoms with E-state index in [2.05, 4.69) is 0 Å². The van der Waals surface area contributed by atoms with Crippen molar-refractivity contribution in [2.45, 2.75) is 63.5 Å². The number of hydrogen-bond donors (Lipinski definition) is 2. The van der Waals surface area contributed by atoms with Crippen LogP contribution < -0.4 is 5.73 Å². The van der Waals surface area contributed by atoms with E-state index < -0.39 is 6.10 Å². The van der Waals surface area contributed by atoms with Crippen LogP contribution in [0.2, 0.25) is 0 Å². The van der Waals surface area contributed by atoms with E-state index in [4.69, 9.17) is 5.73 Å². The highest BCUT2D eigenvalue weighted by Crippen LogP contribution is 2.33. The third kappa shape index (κ3) is 3.05. The van der Waals surface area contributed by atoms with Crippen LogP contribution in [0, 0.1) is 11.8 Å². The maximum Gasteiger partial charge on any atom is 0.165 e. The second-order valence-electron chi connectivity index (χ2n) is 5.53. The molecule has 0 spiro atoms. The maximum atomic E-state index is 11.7. The fraction of sp³-hybridized carbons (Fsp3) is 0.923. The van der Waals surface area contributed by atoms with Gasteiger partial charge in [0.1, 0.15) is 6.10 Å². The van der Waals surface area contributed by atoms with Gasteiger partial charge < -0.3 is 10.8 Å². The smallest absolute Gasteiger partial charge is 0.165 e. The highest BCUT2D eigenvalue weighted by molar-refractivity contribution is 5.87. The number of aliphatic hydroxyl groups is 1. The van der Waals surface area contributed by atoms with Gasteiger partial charge in [-0.05, 0) is 25.2 Å². The van der Waals surface area contributed by atoms with Crippen molar-refractivity contribution in [2.24, 2.45) is 17.6 Å². The predicted octanol–water partition coefficient (Wildman–Crippen LogP) is 1.62. The molecule has 3 N–H and O–H groups in total. The lowest BCUT2D eigenvalue weighted by molar-refractivity contribution is -0.129. The molecular weight excluding hydrogens is 202 g/mol. The van der Waals surface area contributed by atoms with Gasteiger partial charge in [0.2, 0.25) is 0 Å². The minimum Gasteiger partial charge on any atom is -0.384 e. The number of rotatable bonds is 5. The first-order valence-electron chi connectivity index (χ1n) is 6.66. The molecule has 0 aliphatic heterocycles. The zero-order valence-corrected chi connectivity index (χ0v) is 9.90. The van der Waals surface area contributed by atoms with E-state index in [1.807, 2.05) is 0 Å². The van der Waals surface area contributed by atoms with Crippen molar-refractivity contribution < 1.29 is 9.90 Å². The molecule has 2 aliphatic rings. The molecule has 2 aliphatic carbocycles. The molecule has 0 aromatic heterocycles. The Kier molecular flexibility index (Phi) is 3.98. The lowest BCUT2D eigenvalue weighted by Crippen LogP contribution is -2.42. The van der Waals surface area contributed by atoms with Gasteiger partial charge in [0.15, 0.2) is 5.78 Å². The van der Waals surface area contributed by atoms with Crippen LogP contribution >= 0.6 is 0 Å². The summed E-state index contributed by atoms with van der Waals surface area (Å²) in [6.45, 7) is 0. The van der Waals surface area contributed by atoms with Gasteiger partial charge in [0, 0.05) is 12.0 Å². The molecule has 16 heavy (non-hydrogen) atoms. The lowest BCUT2D eigenvalue weighted by Gasteiger charge is -2.26. The summed E-state index contributed by atoms with van der Waals surface area (Å²) < 4.78 is 0. The predicted molar refractivity (Wildman–Crippen MR) is 62.9 cm³/mol. The van der Waals surface area contributed by atoms with Crippen molar-refractivity contribution in [3.8, 4) is 0 Å². The summed E-state index contributed by atoms with van der Waals surface area (Å²) in [5.74, 6) is 0.737. The molecule has 2 fully saturated rings. The van der Waals surface area contributed by atoms with Crippen molar-refractivity contribution in [2.75, 3.05) is 0 Å². The van der Waals surface area contributed by atoms with Crippen LogP contribution in [-0.4, -0.2) is 23.0 Å². The standard InChI is InChI=1S/C13H23NO2/c14-11(8-9-4-2-1-3-5-9)13(16)12(15)10-6-7-10/h9-11,13,16H,1-8,14H2/t11-,13+/m0/s1. The topological polar surface area (TPSA) is 63.3 Å². The number of carbonyl (C=O) groups is 1. The molecule has 2 atom stereocenters. The van der Waals surface area contributed by atoms with Gasteiger partial charge >= 0.3 is 0 Å². The molecule has 0 radical (unpaired) electrons. The first-order chi connectivity index (χ1) is 7.68. The van der Waals surface area contributed by atoms with Crippen molar-refractivity contribution in [1.29, 1.82) is 0 Å². The molecule has 2 saturated carbocycles. The van der Waals surface area contributed by atoms with E-state index in [9.17, 15) is 9.90 Å². The molecule has 0 amide bonds. The first kappa shape index (κ1) is 12.1. The van der Waals surface area contributed by atoms with E-state index in [1.165, 1.54) is 32.1 Å². The molecule has 3 nitrogen and oxygen atoms in total. The Hall–Kier alpha value is -0.410. The highest BCUT2D eigenvalue weighted by atomic mass is 16.3. The van der Waals surface area contributed by atoms with Gasteiger partial charge in [0.05, 0.1) is 0 Å². The minimum absolute atomic E-state index is 0.0108. The summed E-state index contributed by atoms with van der Waals surface area (Å²) >= 11 is 0. The average molecular weight is 225 g/mol. The summed E-state index contributed by atoms with van der Waals surface area (Å²) in [6, 6.07) is -0.337. The normalized spacial score (nSPS) is 26.4. The zero-order valence-electron chi connectivity index (χ0n) is 9.90. The van der Waals surface area contributed by atoms with Crippen LogP contribution in [0.4, 0.5) is 0 Å². The first-order valence-corrected chi connectivity index (χ1v) is 6.66. The van der Waals surface area contributed by atoms with Gasteiger partial charge in [-0.15, -0.1) is 0 Å². The van der Waals surface area contributed by atoms with Crippen LogP contribution in [0.3, 0.4) is 0 Å². The molecule has 3 heteroatoms. The fourth-order valence-electron chi connectivity index (χ4n) is 2.76. The van der Waals surface area contributed by atoms with Crippen molar-refractivity contribution in [3.05, 3.63) is 0 Å². The SMILES string of the molecule is N[C@@H](CC1CCCCC1)[C@@H](O)C(=O)C1CC1. The fourth-order valence-corrected chi connectivity index (χ4v) is 2.76. The number of ketones is 1. The minimum atomic E-state index is -0.908. The second kappa shape index (κ2) is 5.28. The average Bonchev–Trinajstić information content (AvgIpc) is 3.12. The Balaban J connectivity index is 1.76. The summed E-state index contributed by atoms with van der Waals surface area (Å²) in [5.41, 5.74) is 5.94. The van der Waals surface area contributed by atoms with Crippen molar-refractivity contribution in [3.63, 3.8) is 0 Å². The van der Waals surface area contributed by atoms with Crippen LogP contribution in [0.1, 0.15) is 51.4 Å². The Labute approximate surface area is 97.4 Å². The Morgan fingerprint density at radius 1 is 1.19 bits per heavy atom. The van der Waals surface area contributed by atoms with Crippen LogP contribution in [0.25, 0.3) is 0 Å². The van der Waals surface area contributed by atoms with Crippen molar-refractivity contribution in [1.82, 2.24) is 0 Å². The lowest BCUT2D eigenvalue weighted by atomic mass is 9.83. The van der Waals surface area contributed by atoms with Gasteiger partial charge in [-0.3, -0.25) is 4.79 Å². The molecule has 0 unspecified atom stereocenters. The number of carbonyl (C=O) groups excluding carboxylic acids is 1. The Morgan fingerprint density at radius 3 is 2.38 bits per heavy atom. The van der Waals surface area contributed by atoms with E-state index in [0.717, 1.165) is 19.3 Å². The summed E-state index contributed by atoms with van der Waals surface area (Å²) in [5, 5.41) is 9.85. The van der Waals surface area contributed by atoms with Crippen LogP contribution in [0.5, 0.6) is 0 Å².